The molecule has 1 saturated carbocycles. The quantitative estimate of drug-likeness (QED) is 0.362. The van der Waals surface area contributed by atoms with Crippen LogP contribution in [0.3, 0.4) is 0 Å². The summed E-state index contributed by atoms with van der Waals surface area (Å²) in [7, 11) is -5.92. The topological polar surface area (TPSA) is 43.4 Å². The lowest BCUT2D eigenvalue weighted by Gasteiger charge is -2.28. The number of hydrogen-bond acceptors (Lipinski definition) is 3. The highest BCUT2D eigenvalue weighted by atomic mass is 32.2. The molecule has 27 heavy (non-hydrogen) atoms. The molecular weight excluding hydrogens is 384 g/mol. The van der Waals surface area contributed by atoms with E-state index < -0.39 is 27.2 Å². The molecule has 1 fully saturated rings. The molecule has 3 rings (SSSR count). The van der Waals surface area contributed by atoms with Crippen LogP contribution in [-0.4, -0.2) is 13.9 Å². The predicted molar refractivity (Wildman–Crippen MR) is 94.5 cm³/mol. The molecule has 0 unspecified atom stereocenters. The van der Waals surface area contributed by atoms with Crippen molar-refractivity contribution < 1.29 is 30.2 Å². The van der Waals surface area contributed by atoms with Gasteiger partial charge in [0.1, 0.15) is 0 Å². The van der Waals surface area contributed by atoms with Crippen molar-refractivity contribution in [2.24, 2.45) is 5.92 Å². The second-order valence-electron chi connectivity index (χ2n) is 6.97. The van der Waals surface area contributed by atoms with E-state index in [1.807, 2.05) is 6.07 Å². The maximum absolute atomic E-state index is 14.5. The first kappa shape index (κ1) is 19.9. The summed E-state index contributed by atoms with van der Waals surface area (Å²) in [6.45, 7) is 2.18. The maximum atomic E-state index is 14.5. The van der Waals surface area contributed by atoms with Crippen LogP contribution in [-0.2, 0) is 10.1 Å². The first-order valence-electron chi connectivity index (χ1n) is 8.85. The number of benzene rings is 2. The van der Waals surface area contributed by atoms with Crippen molar-refractivity contribution in [2.45, 2.75) is 50.5 Å². The Bertz CT molecular complexity index is 930. The highest BCUT2D eigenvalue weighted by molar-refractivity contribution is 7.88. The number of fused-ring (bicyclic) bond motifs is 1. The lowest BCUT2D eigenvalue weighted by atomic mass is 9.77. The van der Waals surface area contributed by atoms with Crippen LogP contribution in [0.25, 0.3) is 10.8 Å². The van der Waals surface area contributed by atoms with E-state index in [2.05, 4.69) is 11.1 Å². The molecule has 148 valence electrons. The molecule has 2 aromatic carbocycles. The Kier molecular flexibility index (Phi) is 5.38. The van der Waals surface area contributed by atoms with Crippen LogP contribution in [0, 0.1) is 11.7 Å². The molecule has 0 amide bonds. The minimum absolute atomic E-state index is 0.0240. The molecule has 0 N–H and O–H groups in total. The van der Waals surface area contributed by atoms with Crippen molar-refractivity contribution in [3.05, 3.63) is 41.7 Å². The Morgan fingerprint density at radius 1 is 1.07 bits per heavy atom. The highest BCUT2D eigenvalue weighted by Crippen LogP contribution is 2.39. The van der Waals surface area contributed by atoms with E-state index >= 15 is 0 Å². The van der Waals surface area contributed by atoms with Crippen molar-refractivity contribution in [3.8, 4) is 5.75 Å². The second kappa shape index (κ2) is 7.30. The molecule has 0 bridgehead atoms. The van der Waals surface area contributed by atoms with E-state index in [9.17, 15) is 26.0 Å². The Hall–Kier alpha value is -1.83. The SMILES string of the molecule is CCC1CCC(c2ccc3c(F)c(OS(=O)(=O)C(F)(F)F)ccc3c2)CC1. The summed E-state index contributed by atoms with van der Waals surface area (Å²) in [5.41, 5.74) is -4.55. The molecule has 0 saturated heterocycles. The first-order valence-corrected chi connectivity index (χ1v) is 10.3. The van der Waals surface area contributed by atoms with Crippen molar-refractivity contribution in [3.63, 3.8) is 0 Å². The summed E-state index contributed by atoms with van der Waals surface area (Å²) in [6, 6.07) is 7.33. The average Bonchev–Trinajstić information content (AvgIpc) is 2.63. The van der Waals surface area contributed by atoms with Crippen LogP contribution in [0.1, 0.15) is 50.5 Å². The summed E-state index contributed by atoms with van der Waals surface area (Å²) in [5, 5.41) is 0.523. The van der Waals surface area contributed by atoms with E-state index in [0.29, 0.717) is 11.3 Å². The van der Waals surface area contributed by atoms with Gasteiger partial charge in [0, 0.05) is 5.39 Å². The standard InChI is InChI=1S/C19H20F4O3S/c1-2-12-3-5-13(6-4-12)14-7-9-16-15(11-14)8-10-17(18(16)20)26-27(24,25)19(21,22)23/h7-13H,2-6H2,1H3. The van der Waals surface area contributed by atoms with Gasteiger partial charge in [-0.2, -0.15) is 21.6 Å². The zero-order valence-corrected chi connectivity index (χ0v) is 15.5. The van der Waals surface area contributed by atoms with Gasteiger partial charge in [0.15, 0.2) is 11.6 Å². The van der Waals surface area contributed by atoms with E-state index in [1.165, 1.54) is 18.6 Å². The summed E-state index contributed by atoms with van der Waals surface area (Å²) in [5.74, 6) is -0.964. The fourth-order valence-corrected chi connectivity index (χ4v) is 4.14. The Labute approximate surface area is 155 Å². The van der Waals surface area contributed by atoms with Gasteiger partial charge in [-0.25, -0.2) is 4.39 Å². The van der Waals surface area contributed by atoms with Gasteiger partial charge in [-0.3, -0.25) is 0 Å². The molecule has 0 radical (unpaired) electrons. The monoisotopic (exact) mass is 404 g/mol. The molecule has 8 heteroatoms. The van der Waals surface area contributed by atoms with Crippen LogP contribution in [0.5, 0.6) is 5.75 Å². The number of halogens is 4. The van der Waals surface area contributed by atoms with Crippen molar-refractivity contribution >= 4 is 20.9 Å². The van der Waals surface area contributed by atoms with Gasteiger partial charge >= 0.3 is 15.6 Å². The minimum atomic E-state index is -5.92. The minimum Gasteiger partial charge on any atom is -0.373 e. The largest absolute Gasteiger partial charge is 0.534 e. The number of alkyl halides is 3. The van der Waals surface area contributed by atoms with Gasteiger partial charge in [0.05, 0.1) is 0 Å². The third kappa shape index (κ3) is 4.05. The second-order valence-corrected chi connectivity index (χ2v) is 8.51. The van der Waals surface area contributed by atoms with Gasteiger partial charge in [-0.15, -0.1) is 0 Å². The molecule has 1 aliphatic carbocycles. The third-order valence-corrected chi connectivity index (χ3v) is 6.29. The predicted octanol–water partition coefficient (Wildman–Crippen LogP) is 5.89. The van der Waals surface area contributed by atoms with Crippen LogP contribution < -0.4 is 4.18 Å². The fraction of sp³-hybridized carbons (Fsp3) is 0.474. The maximum Gasteiger partial charge on any atom is 0.534 e. The van der Waals surface area contributed by atoms with E-state index in [1.54, 1.807) is 6.07 Å². The Morgan fingerprint density at radius 3 is 2.33 bits per heavy atom. The normalized spacial score (nSPS) is 21.4. The molecule has 0 heterocycles. The summed E-state index contributed by atoms with van der Waals surface area (Å²) in [6.07, 6.45) is 5.57. The summed E-state index contributed by atoms with van der Waals surface area (Å²) < 4.78 is 78.0. The van der Waals surface area contributed by atoms with Crippen LogP contribution in [0.15, 0.2) is 30.3 Å². The molecule has 1 aliphatic rings. The molecule has 0 aliphatic heterocycles. The zero-order chi connectivity index (χ0) is 19.8. The molecule has 2 aromatic rings. The average molecular weight is 404 g/mol. The van der Waals surface area contributed by atoms with Crippen molar-refractivity contribution in [1.29, 1.82) is 0 Å². The number of rotatable bonds is 4. The Balaban J connectivity index is 1.88. The van der Waals surface area contributed by atoms with E-state index in [4.69, 9.17) is 0 Å². The van der Waals surface area contributed by atoms with E-state index in [0.717, 1.165) is 43.2 Å². The molecule has 0 spiro atoms. The third-order valence-electron chi connectivity index (χ3n) is 5.32. The number of hydrogen-bond donors (Lipinski definition) is 0. The Morgan fingerprint density at radius 2 is 1.74 bits per heavy atom. The fourth-order valence-electron chi connectivity index (χ4n) is 3.68. The van der Waals surface area contributed by atoms with Crippen LogP contribution >= 0.6 is 0 Å². The molecule has 3 nitrogen and oxygen atoms in total. The summed E-state index contributed by atoms with van der Waals surface area (Å²) in [4.78, 5) is 0. The van der Waals surface area contributed by atoms with E-state index in [-0.39, 0.29) is 5.39 Å². The molecular formula is C19H20F4O3S. The highest BCUT2D eigenvalue weighted by Gasteiger charge is 2.49. The van der Waals surface area contributed by atoms with Gasteiger partial charge < -0.3 is 4.18 Å². The molecule has 0 aromatic heterocycles. The van der Waals surface area contributed by atoms with Gasteiger partial charge in [-0.05, 0) is 54.5 Å². The van der Waals surface area contributed by atoms with Crippen LogP contribution in [0.2, 0.25) is 0 Å². The lowest BCUT2D eigenvalue weighted by molar-refractivity contribution is -0.0500. The molecule has 0 atom stereocenters. The van der Waals surface area contributed by atoms with Crippen molar-refractivity contribution in [1.82, 2.24) is 0 Å². The zero-order valence-electron chi connectivity index (χ0n) is 14.7. The van der Waals surface area contributed by atoms with Gasteiger partial charge in [-0.1, -0.05) is 37.6 Å². The first-order chi connectivity index (χ1) is 12.6. The lowest BCUT2D eigenvalue weighted by Crippen LogP contribution is -2.28. The van der Waals surface area contributed by atoms with Crippen molar-refractivity contribution in [2.75, 3.05) is 0 Å². The van der Waals surface area contributed by atoms with Gasteiger partial charge in [0.2, 0.25) is 0 Å². The summed E-state index contributed by atoms with van der Waals surface area (Å²) >= 11 is 0. The smallest absolute Gasteiger partial charge is 0.373 e. The van der Waals surface area contributed by atoms with Gasteiger partial charge in [0.25, 0.3) is 0 Å². The van der Waals surface area contributed by atoms with Crippen LogP contribution in [0.4, 0.5) is 17.6 Å².